The summed E-state index contributed by atoms with van der Waals surface area (Å²) >= 11 is -3.19. The van der Waals surface area contributed by atoms with Gasteiger partial charge in [-0.3, -0.25) is 0 Å². The van der Waals surface area contributed by atoms with Crippen LogP contribution >= 0.6 is 0 Å². The molecule has 0 bridgehead atoms. The van der Waals surface area contributed by atoms with Crippen molar-refractivity contribution in [2.45, 2.75) is 87.4 Å². The van der Waals surface area contributed by atoms with Crippen LogP contribution in [0.4, 0.5) is 0 Å². The molecular weight excluding hydrogens is 879 g/mol. The Morgan fingerprint density at radius 2 is 0.862 bits per heavy atom. The van der Waals surface area contributed by atoms with Crippen molar-refractivity contribution in [1.29, 1.82) is 0 Å². The van der Waals surface area contributed by atoms with E-state index in [-0.39, 0.29) is 10.8 Å². The van der Waals surface area contributed by atoms with Gasteiger partial charge in [-0.2, -0.15) is 0 Å². The minimum absolute atomic E-state index is 0.0436. The first-order chi connectivity index (χ1) is 27.7. The van der Waals surface area contributed by atoms with Gasteiger partial charge in [0.25, 0.3) is 0 Å². The van der Waals surface area contributed by atoms with Gasteiger partial charge in [0.1, 0.15) is 0 Å². The van der Waals surface area contributed by atoms with Gasteiger partial charge in [0, 0.05) is 0 Å². The SMILES string of the molecule is CC(C)C1=Cc2c(-c3ccccc3C(C)(C)C)cccc2[CH]1[Hf]([c]1cccc2c1[SiH2]c1ccccc1-2)[CH]1C(C(C)C)=Cc2c(-c3ccccc3C(C)(C)C)cccc21. The molecule has 3 aliphatic rings. The molecule has 0 amide bonds. The fourth-order valence-corrected chi connectivity index (χ4v) is 31.2. The molecule has 1 heterocycles. The molecule has 2 unspecified atom stereocenters. The van der Waals surface area contributed by atoms with Crippen LogP contribution in [0.3, 0.4) is 0 Å². The van der Waals surface area contributed by atoms with Crippen molar-refractivity contribution in [3.8, 4) is 33.4 Å². The van der Waals surface area contributed by atoms with Crippen LogP contribution < -0.4 is 13.7 Å². The Labute approximate surface area is 358 Å². The normalized spacial score (nSPS) is 17.3. The van der Waals surface area contributed by atoms with Crippen molar-refractivity contribution in [3.63, 3.8) is 0 Å². The van der Waals surface area contributed by atoms with Gasteiger partial charge < -0.3 is 0 Å². The van der Waals surface area contributed by atoms with Gasteiger partial charge in [-0.1, -0.05) is 0 Å². The van der Waals surface area contributed by atoms with Gasteiger partial charge in [0.2, 0.25) is 0 Å². The van der Waals surface area contributed by atoms with Crippen molar-refractivity contribution >= 4 is 35.4 Å². The number of fused-ring (bicyclic) bond motifs is 5. The van der Waals surface area contributed by atoms with Crippen molar-refractivity contribution in [2.24, 2.45) is 11.8 Å². The van der Waals surface area contributed by atoms with Crippen LogP contribution in [0.15, 0.2) is 139 Å². The van der Waals surface area contributed by atoms with Crippen LogP contribution in [0, 0.1) is 11.8 Å². The Bertz CT molecular complexity index is 2500. The van der Waals surface area contributed by atoms with Gasteiger partial charge in [0.15, 0.2) is 0 Å². The fraction of sp³-hybridized carbons (Fsp3) is 0.286. The number of benzene rings is 6. The molecule has 0 fully saturated rings. The molecule has 0 aromatic heterocycles. The third-order valence-electron chi connectivity index (χ3n) is 13.4. The van der Waals surface area contributed by atoms with Crippen molar-refractivity contribution in [1.82, 2.24) is 0 Å². The summed E-state index contributed by atoms with van der Waals surface area (Å²) in [5.74, 6) is 0.901. The van der Waals surface area contributed by atoms with E-state index in [0.29, 0.717) is 19.2 Å². The first-order valence-electron chi connectivity index (χ1n) is 21.7. The van der Waals surface area contributed by atoms with Gasteiger partial charge in [-0.15, -0.1) is 0 Å². The van der Waals surface area contributed by atoms with Crippen molar-refractivity contribution in [3.05, 3.63) is 172 Å². The average molecular weight is 939 g/mol. The summed E-state index contributed by atoms with van der Waals surface area (Å²) < 4.78 is 2.70. The van der Waals surface area contributed by atoms with Gasteiger partial charge in [-0.25, -0.2) is 0 Å². The predicted octanol–water partition coefficient (Wildman–Crippen LogP) is 12.5. The topological polar surface area (TPSA) is 0 Å². The quantitative estimate of drug-likeness (QED) is 0.140. The molecular formula is C56H59HfSi. The number of hydrogen-bond acceptors (Lipinski definition) is 0. The molecule has 2 aliphatic carbocycles. The minimum atomic E-state index is -3.19. The van der Waals surface area contributed by atoms with Gasteiger partial charge >= 0.3 is 361 Å². The molecule has 0 saturated carbocycles. The summed E-state index contributed by atoms with van der Waals surface area (Å²) in [5.41, 5.74) is 21.0. The summed E-state index contributed by atoms with van der Waals surface area (Å²) in [6.45, 7) is 24.1. The summed E-state index contributed by atoms with van der Waals surface area (Å²) in [7, 11) is -0.637. The molecule has 2 atom stereocenters. The maximum atomic E-state index is 2.68. The first kappa shape index (κ1) is 39.4. The fourth-order valence-electron chi connectivity index (χ4n) is 10.7. The third-order valence-corrected chi connectivity index (χ3v) is 29.8. The molecule has 58 heavy (non-hydrogen) atoms. The summed E-state index contributed by atoms with van der Waals surface area (Å²) in [4.78, 5) is 0. The standard InChI is InChI=1S/2C22H25.C12H9Si.Hf/c2*1-15(2)17-13-16-9-8-11-18(20(16)14-17)19-10-6-7-12-21(19)22(3,4)5;1-3-7-11-9(5-1)10-6-2-4-8-12(10)13-11;/h2*6-15H,1-5H3;1-7H,13H2;. The Balaban J connectivity index is 1.32. The average Bonchev–Trinajstić information content (AvgIpc) is 3.90. The van der Waals surface area contributed by atoms with Crippen LogP contribution in [0.5, 0.6) is 0 Å². The monoisotopic (exact) mass is 939 g/mol. The zero-order valence-corrected chi connectivity index (χ0v) is 41.3. The van der Waals surface area contributed by atoms with Gasteiger partial charge in [-0.05, 0) is 0 Å². The Morgan fingerprint density at radius 1 is 0.448 bits per heavy atom. The van der Waals surface area contributed by atoms with E-state index in [2.05, 4.69) is 209 Å². The predicted molar refractivity (Wildman–Crippen MR) is 252 cm³/mol. The van der Waals surface area contributed by atoms with Crippen LogP contribution in [0.25, 0.3) is 45.5 Å². The van der Waals surface area contributed by atoms with Crippen LogP contribution in [-0.2, 0) is 32.3 Å². The second kappa shape index (κ2) is 14.9. The van der Waals surface area contributed by atoms with E-state index >= 15 is 0 Å². The zero-order valence-electron chi connectivity index (χ0n) is 36.3. The summed E-state index contributed by atoms with van der Waals surface area (Å²) in [6.07, 6.45) is 5.37. The molecule has 6 aromatic rings. The van der Waals surface area contributed by atoms with E-state index in [4.69, 9.17) is 0 Å². The Morgan fingerprint density at radius 3 is 1.34 bits per heavy atom. The molecule has 291 valence electrons. The molecule has 9 rings (SSSR count). The van der Waals surface area contributed by atoms with Crippen molar-refractivity contribution < 1.29 is 21.4 Å². The second-order valence-corrected chi connectivity index (χ2v) is 31.0. The van der Waals surface area contributed by atoms with E-state index in [1.54, 1.807) is 36.0 Å². The van der Waals surface area contributed by atoms with E-state index in [1.165, 1.54) is 55.6 Å². The molecule has 0 spiro atoms. The molecule has 0 N–H and O–H groups in total. The van der Waals surface area contributed by atoms with Crippen LogP contribution in [0.2, 0.25) is 0 Å². The van der Waals surface area contributed by atoms with E-state index < -0.39 is 31.0 Å². The number of allylic oxidation sites excluding steroid dienone is 2. The molecule has 0 saturated heterocycles. The third kappa shape index (κ3) is 6.58. The van der Waals surface area contributed by atoms with Gasteiger partial charge in [0.05, 0.1) is 0 Å². The first-order valence-corrected chi connectivity index (χ1v) is 29.1. The summed E-state index contributed by atoms with van der Waals surface area (Å²) in [6, 6.07) is 50.0. The molecule has 0 nitrogen and oxygen atoms in total. The Hall–Kier alpha value is -4.11. The molecule has 2 heteroatoms. The van der Waals surface area contributed by atoms with Crippen LogP contribution in [0.1, 0.15) is 110 Å². The maximum absolute atomic E-state index is 3.19. The number of hydrogen-bond donors (Lipinski definition) is 0. The molecule has 1 aliphatic heterocycles. The van der Waals surface area contributed by atoms with Crippen LogP contribution in [-0.4, -0.2) is 9.52 Å². The van der Waals surface area contributed by atoms with E-state index in [9.17, 15) is 0 Å². The van der Waals surface area contributed by atoms with E-state index in [1.807, 2.05) is 0 Å². The second-order valence-electron chi connectivity index (χ2n) is 19.8. The molecule has 0 radical (unpaired) electrons. The summed E-state index contributed by atoms with van der Waals surface area (Å²) in [5, 5.41) is 3.37. The zero-order chi connectivity index (χ0) is 40.7. The van der Waals surface area contributed by atoms with Crippen molar-refractivity contribution in [2.75, 3.05) is 0 Å². The number of rotatable bonds is 7. The Kier molecular flexibility index (Phi) is 10.1. The van der Waals surface area contributed by atoms with E-state index in [0.717, 1.165) is 0 Å². The molecule has 6 aromatic carbocycles.